The molecular weight excluding hydrogens is 570 g/mol. The van der Waals surface area contributed by atoms with Gasteiger partial charge in [0.1, 0.15) is 11.3 Å². The average molecular weight is 605 g/mol. The SMILES string of the molecule is Cc1cc(-c2cc3c(NS(=O)(=O)CCO)cc(N4CCC5(CC4)CC5)c(C(N)=O)c3o2)nc(N2CCC(F)(F)CC2)n1. The Balaban J connectivity index is 1.46. The minimum Gasteiger partial charge on any atom is -0.453 e. The summed E-state index contributed by atoms with van der Waals surface area (Å²) >= 11 is 0. The molecule has 14 heteroatoms. The number of carbonyl (C=O) groups excluding carboxylic acids is 1. The summed E-state index contributed by atoms with van der Waals surface area (Å²) in [7, 11) is -3.93. The highest BCUT2D eigenvalue weighted by molar-refractivity contribution is 7.92. The number of amides is 1. The van der Waals surface area contributed by atoms with Gasteiger partial charge in [0.2, 0.25) is 16.0 Å². The molecule has 2 saturated heterocycles. The number of nitrogens with two attached hydrogens (primary N) is 1. The number of nitrogens with zero attached hydrogens (tertiary/aromatic N) is 4. The Kier molecular flexibility index (Phi) is 7.03. The highest BCUT2D eigenvalue weighted by Gasteiger charge is 2.45. The standard InChI is InChI=1S/C28H34F2N6O5S/c1-17-14-20(33-26(32-17)36-10-6-28(29,30)7-11-36)22-15-18-19(34-42(39,40)13-12-37)16-21(23(25(31)38)24(18)41-22)35-8-4-27(2-3-27)5-9-35/h14-16,34,37H,2-13H2,1H3,(H2,31,38). The van der Waals surface area contributed by atoms with Crippen LogP contribution in [0.4, 0.5) is 26.1 Å². The van der Waals surface area contributed by atoms with Gasteiger partial charge in [-0.05, 0) is 56.2 Å². The van der Waals surface area contributed by atoms with Crippen molar-refractivity contribution < 1.29 is 31.5 Å². The number of halogens is 2. The van der Waals surface area contributed by atoms with Crippen molar-refractivity contribution in [2.45, 2.75) is 51.4 Å². The van der Waals surface area contributed by atoms with Crippen LogP contribution in [0.3, 0.4) is 0 Å². The molecule has 1 aromatic carbocycles. The van der Waals surface area contributed by atoms with Crippen LogP contribution >= 0.6 is 0 Å². The van der Waals surface area contributed by atoms with E-state index in [0.717, 1.165) is 12.8 Å². The number of sulfonamides is 1. The van der Waals surface area contributed by atoms with Gasteiger partial charge in [-0.15, -0.1) is 0 Å². The molecule has 1 amide bonds. The first kappa shape index (κ1) is 28.6. The van der Waals surface area contributed by atoms with Crippen LogP contribution in [0, 0.1) is 12.3 Å². The van der Waals surface area contributed by atoms with Crippen molar-refractivity contribution in [1.29, 1.82) is 0 Å². The summed E-state index contributed by atoms with van der Waals surface area (Å²) in [6, 6.07) is 4.85. The fourth-order valence-electron chi connectivity index (χ4n) is 5.97. The normalized spacial score (nSPS) is 19.8. The molecule has 3 aliphatic rings. The van der Waals surface area contributed by atoms with E-state index in [9.17, 15) is 27.1 Å². The number of aliphatic hydroxyl groups is 1. The number of aliphatic hydroxyl groups excluding tert-OH is 1. The number of anilines is 3. The van der Waals surface area contributed by atoms with E-state index in [-0.39, 0.29) is 54.5 Å². The number of benzene rings is 1. The molecule has 0 radical (unpaired) electrons. The van der Waals surface area contributed by atoms with Gasteiger partial charge in [0.15, 0.2) is 11.3 Å². The number of rotatable bonds is 8. The molecule has 3 aromatic rings. The Labute approximate surface area is 242 Å². The molecule has 1 saturated carbocycles. The third-order valence-corrected chi connectivity index (χ3v) is 9.90. The summed E-state index contributed by atoms with van der Waals surface area (Å²) in [5.41, 5.74) is 8.10. The number of hydrogen-bond donors (Lipinski definition) is 3. The number of furan rings is 1. The molecule has 1 aliphatic carbocycles. The smallest absolute Gasteiger partial charge is 0.254 e. The van der Waals surface area contributed by atoms with E-state index in [4.69, 9.17) is 10.2 Å². The lowest BCUT2D eigenvalue weighted by molar-refractivity contribution is -0.0222. The Morgan fingerprint density at radius 2 is 1.71 bits per heavy atom. The average Bonchev–Trinajstić information content (AvgIpc) is 3.51. The Morgan fingerprint density at radius 3 is 2.33 bits per heavy atom. The molecule has 0 unspecified atom stereocenters. The van der Waals surface area contributed by atoms with Crippen molar-refractivity contribution in [1.82, 2.24) is 9.97 Å². The van der Waals surface area contributed by atoms with Crippen molar-refractivity contribution in [2.24, 2.45) is 11.1 Å². The van der Waals surface area contributed by atoms with Crippen LogP contribution < -0.4 is 20.3 Å². The zero-order valence-corrected chi connectivity index (χ0v) is 24.1. The van der Waals surface area contributed by atoms with Crippen LogP contribution in [0.1, 0.15) is 54.6 Å². The minimum absolute atomic E-state index is 0.0963. The zero-order chi connectivity index (χ0) is 29.9. The summed E-state index contributed by atoms with van der Waals surface area (Å²) in [4.78, 5) is 25.7. The molecule has 6 rings (SSSR count). The fraction of sp³-hybridized carbons (Fsp3) is 0.536. The summed E-state index contributed by atoms with van der Waals surface area (Å²) in [5, 5.41) is 9.60. The first-order valence-corrected chi connectivity index (χ1v) is 15.8. The second-order valence-corrected chi connectivity index (χ2v) is 13.5. The lowest BCUT2D eigenvalue weighted by Crippen LogP contribution is -2.40. The molecule has 4 N–H and O–H groups in total. The van der Waals surface area contributed by atoms with Crippen molar-refractivity contribution in [3.63, 3.8) is 0 Å². The number of piperidine rings is 2. The predicted molar refractivity (Wildman–Crippen MR) is 154 cm³/mol. The lowest BCUT2D eigenvalue weighted by atomic mass is 9.92. The van der Waals surface area contributed by atoms with Gasteiger partial charge in [0.05, 0.1) is 23.7 Å². The van der Waals surface area contributed by atoms with Gasteiger partial charge < -0.3 is 25.1 Å². The Hall–Kier alpha value is -3.52. The van der Waals surface area contributed by atoms with Crippen LogP contribution in [-0.2, 0) is 10.0 Å². The second kappa shape index (κ2) is 10.3. The molecule has 0 atom stereocenters. The van der Waals surface area contributed by atoms with Crippen molar-refractivity contribution >= 4 is 44.2 Å². The number of carbonyl (C=O) groups is 1. The molecule has 11 nitrogen and oxygen atoms in total. The molecule has 0 bridgehead atoms. The van der Waals surface area contributed by atoms with Crippen LogP contribution in [0.2, 0.25) is 0 Å². The van der Waals surface area contributed by atoms with E-state index >= 15 is 0 Å². The Bertz CT molecular complexity index is 1640. The van der Waals surface area contributed by atoms with E-state index in [1.165, 1.54) is 12.8 Å². The van der Waals surface area contributed by atoms with Crippen LogP contribution in [0.25, 0.3) is 22.4 Å². The second-order valence-electron chi connectivity index (χ2n) is 11.7. The van der Waals surface area contributed by atoms with E-state index in [0.29, 0.717) is 41.0 Å². The predicted octanol–water partition coefficient (Wildman–Crippen LogP) is 3.65. The maximum atomic E-state index is 13.8. The van der Waals surface area contributed by atoms with E-state index < -0.39 is 34.2 Å². The molecule has 2 aromatic heterocycles. The van der Waals surface area contributed by atoms with Gasteiger partial charge in [-0.2, -0.15) is 0 Å². The molecular formula is C28H34F2N6O5S. The molecule has 226 valence electrons. The van der Waals surface area contributed by atoms with Gasteiger partial charge in [-0.3, -0.25) is 9.52 Å². The minimum atomic E-state index is -3.93. The fourth-order valence-corrected chi connectivity index (χ4v) is 6.82. The van der Waals surface area contributed by atoms with E-state index in [1.54, 1.807) is 30.0 Å². The van der Waals surface area contributed by atoms with Crippen molar-refractivity contribution in [3.05, 3.63) is 29.5 Å². The lowest BCUT2D eigenvalue weighted by Gasteiger charge is -2.35. The highest BCUT2D eigenvalue weighted by Crippen LogP contribution is 2.54. The summed E-state index contributed by atoms with van der Waals surface area (Å²) in [5.74, 6) is -3.44. The molecule has 42 heavy (non-hydrogen) atoms. The number of fused-ring (bicyclic) bond motifs is 1. The third-order valence-electron chi connectivity index (χ3n) is 8.65. The molecule has 3 fully saturated rings. The number of aromatic nitrogens is 2. The van der Waals surface area contributed by atoms with Gasteiger partial charge >= 0.3 is 0 Å². The van der Waals surface area contributed by atoms with Crippen molar-refractivity contribution in [2.75, 3.05) is 53.1 Å². The van der Waals surface area contributed by atoms with Crippen LogP contribution in [0.5, 0.6) is 0 Å². The highest BCUT2D eigenvalue weighted by atomic mass is 32.2. The van der Waals surface area contributed by atoms with Crippen LogP contribution in [0.15, 0.2) is 22.6 Å². The molecule has 1 spiro atoms. The van der Waals surface area contributed by atoms with Crippen LogP contribution in [-0.4, -0.2) is 73.9 Å². The topological polar surface area (TPSA) is 155 Å². The van der Waals surface area contributed by atoms with Gasteiger partial charge in [0, 0.05) is 50.1 Å². The maximum Gasteiger partial charge on any atom is 0.254 e. The number of primary amides is 1. The monoisotopic (exact) mass is 604 g/mol. The van der Waals surface area contributed by atoms with E-state index in [2.05, 4.69) is 14.7 Å². The first-order valence-electron chi connectivity index (χ1n) is 14.1. The quantitative estimate of drug-likeness (QED) is 0.349. The van der Waals surface area contributed by atoms with Gasteiger partial charge in [0.25, 0.3) is 11.8 Å². The largest absolute Gasteiger partial charge is 0.453 e. The van der Waals surface area contributed by atoms with Crippen molar-refractivity contribution in [3.8, 4) is 11.5 Å². The maximum absolute atomic E-state index is 13.8. The number of hydrogen-bond acceptors (Lipinski definition) is 9. The van der Waals surface area contributed by atoms with Gasteiger partial charge in [-0.25, -0.2) is 27.2 Å². The molecule has 4 heterocycles. The number of alkyl halides is 2. The summed E-state index contributed by atoms with van der Waals surface area (Å²) < 4.78 is 61.8. The first-order chi connectivity index (χ1) is 19.9. The Morgan fingerprint density at radius 1 is 1.05 bits per heavy atom. The summed E-state index contributed by atoms with van der Waals surface area (Å²) in [6.07, 6.45) is 3.70. The number of aryl methyl sites for hydroxylation is 1. The number of nitrogens with one attached hydrogen (secondary N) is 1. The zero-order valence-electron chi connectivity index (χ0n) is 23.3. The molecule has 2 aliphatic heterocycles. The third kappa shape index (κ3) is 5.61. The van der Waals surface area contributed by atoms with E-state index in [1.807, 2.05) is 4.90 Å². The summed E-state index contributed by atoms with van der Waals surface area (Å²) in [6.45, 7) is 2.75. The van der Waals surface area contributed by atoms with Gasteiger partial charge in [-0.1, -0.05) is 0 Å².